The van der Waals surface area contributed by atoms with Crippen molar-refractivity contribution in [3.8, 4) is 0 Å². The van der Waals surface area contributed by atoms with Crippen LogP contribution in [0.15, 0.2) is 0 Å². The molecule has 0 saturated heterocycles. The van der Waals surface area contributed by atoms with E-state index in [-0.39, 0.29) is 0 Å². The van der Waals surface area contributed by atoms with Gasteiger partial charge in [0, 0.05) is 11.3 Å². The molecule has 2 heteroatoms. The lowest BCUT2D eigenvalue weighted by atomic mass is 10.0. The average Bonchev–Trinajstić information content (AvgIpc) is 2.20. The lowest BCUT2D eigenvalue weighted by Crippen LogP contribution is -2.26. The largest absolute Gasteiger partial charge is 0.315 e. The Labute approximate surface area is 93.4 Å². The summed E-state index contributed by atoms with van der Waals surface area (Å²) in [6.07, 6.45) is 8.70. The zero-order chi connectivity index (χ0) is 10.2. The molecule has 1 fully saturated rings. The molecule has 0 radical (unpaired) electrons. The third-order valence-electron chi connectivity index (χ3n) is 3.01. The van der Waals surface area contributed by atoms with Crippen molar-refractivity contribution in [2.45, 2.75) is 63.7 Å². The van der Waals surface area contributed by atoms with Crippen LogP contribution in [0, 0.1) is 0 Å². The van der Waals surface area contributed by atoms with Gasteiger partial charge in [-0.05, 0) is 38.5 Å². The first-order valence-electron chi connectivity index (χ1n) is 6.18. The van der Waals surface area contributed by atoms with E-state index in [1.165, 1.54) is 44.3 Å². The molecule has 0 spiro atoms. The lowest BCUT2D eigenvalue weighted by molar-refractivity contribution is 0.514. The highest BCUT2D eigenvalue weighted by Crippen LogP contribution is 2.28. The quantitative estimate of drug-likeness (QED) is 0.728. The highest BCUT2D eigenvalue weighted by molar-refractivity contribution is 7.99. The molecule has 1 atom stereocenters. The van der Waals surface area contributed by atoms with Crippen LogP contribution in [0.2, 0.25) is 0 Å². The Morgan fingerprint density at radius 3 is 2.64 bits per heavy atom. The van der Waals surface area contributed by atoms with E-state index >= 15 is 0 Å². The van der Waals surface area contributed by atoms with Crippen molar-refractivity contribution in [1.82, 2.24) is 5.32 Å². The van der Waals surface area contributed by atoms with Crippen molar-refractivity contribution in [2.24, 2.45) is 0 Å². The highest BCUT2D eigenvalue weighted by atomic mass is 32.2. The van der Waals surface area contributed by atoms with E-state index in [1.54, 1.807) is 0 Å². The number of thioether (sulfide) groups is 1. The second kappa shape index (κ2) is 7.58. The molecule has 0 bridgehead atoms. The number of rotatable bonds is 6. The molecule has 1 aliphatic rings. The smallest absolute Gasteiger partial charge is 0.00470 e. The predicted octanol–water partition coefficient (Wildman–Crippen LogP) is 3.44. The average molecular weight is 215 g/mol. The number of nitrogens with one attached hydrogen (secondary N) is 1. The van der Waals surface area contributed by atoms with Gasteiger partial charge in [0.05, 0.1) is 0 Å². The summed E-state index contributed by atoms with van der Waals surface area (Å²) < 4.78 is 0. The van der Waals surface area contributed by atoms with E-state index in [2.05, 4.69) is 30.9 Å². The summed E-state index contributed by atoms with van der Waals surface area (Å²) in [5.74, 6) is 1.35. The Balaban J connectivity index is 1.96. The first-order chi connectivity index (χ1) is 6.83. The Morgan fingerprint density at radius 2 is 2.00 bits per heavy atom. The maximum Gasteiger partial charge on any atom is 0.00470 e. The monoisotopic (exact) mass is 215 g/mol. The van der Waals surface area contributed by atoms with Gasteiger partial charge in [-0.2, -0.15) is 11.8 Å². The fourth-order valence-corrected chi connectivity index (χ4v) is 3.58. The highest BCUT2D eigenvalue weighted by Gasteiger charge is 2.13. The maximum absolute atomic E-state index is 3.47. The third-order valence-corrected chi connectivity index (χ3v) is 4.42. The second-order valence-electron chi connectivity index (χ2n) is 4.38. The molecule has 84 valence electrons. The molecule has 1 aliphatic carbocycles. The Bertz CT molecular complexity index is 132. The predicted molar refractivity (Wildman–Crippen MR) is 67.1 cm³/mol. The molecule has 0 aromatic rings. The van der Waals surface area contributed by atoms with Crippen molar-refractivity contribution < 1.29 is 0 Å². The van der Waals surface area contributed by atoms with Gasteiger partial charge in [-0.1, -0.05) is 26.2 Å². The van der Waals surface area contributed by atoms with E-state index in [9.17, 15) is 0 Å². The van der Waals surface area contributed by atoms with Crippen LogP contribution in [-0.2, 0) is 0 Å². The zero-order valence-electron chi connectivity index (χ0n) is 9.72. The Kier molecular flexibility index (Phi) is 6.70. The Hall–Kier alpha value is 0.310. The molecule has 1 saturated carbocycles. The molecule has 0 amide bonds. The van der Waals surface area contributed by atoms with Gasteiger partial charge in [-0.25, -0.2) is 0 Å². The SMILES string of the molecule is CCNC(C)CCSC1CCCCC1. The minimum atomic E-state index is 0.705. The van der Waals surface area contributed by atoms with Crippen molar-refractivity contribution in [2.75, 3.05) is 12.3 Å². The van der Waals surface area contributed by atoms with Gasteiger partial charge in [0.15, 0.2) is 0 Å². The van der Waals surface area contributed by atoms with Crippen LogP contribution in [-0.4, -0.2) is 23.6 Å². The minimum Gasteiger partial charge on any atom is -0.315 e. The zero-order valence-corrected chi connectivity index (χ0v) is 10.5. The first kappa shape index (κ1) is 12.4. The van der Waals surface area contributed by atoms with Gasteiger partial charge in [-0.3, -0.25) is 0 Å². The fraction of sp³-hybridized carbons (Fsp3) is 1.00. The van der Waals surface area contributed by atoms with Gasteiger partial charge < -0.3 is 5.32 Å². The topological polar surface area (TPSA) is 12.0 Å². The number of hydrogen-bond acceptors (Lipinski definition) is 2. The molecular weight excluding hydrogens is 190 g/mol. The summed E-state index contributed by atoms with van der Waals surface area (Å²) in [6.45, 7) is 5.59. The van der Waals surface area contributed by atoms with Crippen molar-refractivity contribution in [3.63, 3.8) is 0 Å². The standard InChI is InChI=1S/C12H25NS/c1-3-13-11(2)9-10-14-12-7-5-4-6-8-12/h11-13H,3-10H2,1-2H3. The maximum atomic E-state index is 3.47. The normalized spacial score (nSPS) is 21.0. The molecule has 0 aromatic heterocycles. The number of hydrogen-bond donors (Lipinski definition) is 1. The van der Waals surface area contributed by atoms with E-state index in [0.29, 0.717) is 6.04 Å². The van der Waals surface area contributed by atoms with Crippen LogP contribution in [0.25, 0.3) is 0 Å². The summed E-state index contributed by atoms with van der Waals surface area (Å²) >= 11 is 2.21. The molecule has 1 N–H and O–H groups in total. The van der Waals surface area contributed by atoms with Crippen LogP contribution < -0.4 is 5.32 Å². The molecule has 1 unspecified atom stereocenters. The third kappa shape index (κ3) is 5.26. The molecular formula is C12H25NS. The van der Waals surface area contributed by atoms with E-state index in [0.717, 1.165) is 11.8 Å². The minimum absolute atomic E-state index is 0.705. The van der Waals surface area contributed by atoms with E-state index in [1.807, 2.05) is 0 Å². The van der Waals surface area contributed by atoms with Gasteiger partial charge in [0.25, 0.3) is 0 Å². The summed E-state index contributed by atoms with van der Waals surface area (Å²) in [6, 6.07) is 0.705. The van der Waals surface area contributed by atoms with Crippen LogP contribution in [0.4, 0.5) is 0 Å². The van der Waals surface area contributed by atoms with Crippen molar-refractivity contribution in [3.05, 3.63) is 0 Å². The summed E-state index contributed by atoms with van der Waals surface area (Å²) in [7, 11) is 0. The van der Waals surface area contributed by atoms with Gasteiger partial charge in [-0.15, -0.1) is 0 Å². The molecule has 1 nitrogen and oxygen atoms in total. The van der Waals surface area contributed by atoms with Crippen LogP contribution >= 0.6 is 11.8 Å². The van der Waals surface area contributed by atoms with E-state index in [4.69, 9.17) is 0 Å². The molecule has 14 heavy (non-hydrogen) atoms. The first-order valence-corrected chi connectivity index (χ1v) is 7.22. The van der Waals surface area contributed by atoms with Gasteiger partial charge in [0.1, 0.15) is 0 Å². The second-order valence-corrected chi connectivity index (χ2v) is 5.79. The summed E-state index contributed by atoms with van der Waals surface area (Å²) in [5.41, 5.74) is 0. The lowest BCUT2D eigenvalue weighted by Gasteiger charge is -2.21. The Morgan fingerprint density at radius 1 is 1.29 bits per heavy atom. The fourth-order valence-electron chi connectivity index (χ4n) is 2.09. The van der Waals surface area contributed by atoms with Crippen molar-refractivity contribution >= 4 is 11.8 Å². The van der Waals surface area contributed by atoms with Crippen LogP contribution in [0.1, 0.15) is 52.4 Å². The molecule has 0 aromatic carbocycles. The summed E-state index contributed by atoms with van der Waals surface area (Å²) in [5, 5.41) is 4.45. The molecule has 0 heterocycles. The van der Waals surface area contributed by atoms with Crippen LogP contribution in [0.3, 0.4) is 0 Å². The summed E-state index contributed by atoms with van der Waals surface area (Å²) in [4.78, 5) is 0. The molecule has 1 rings (SSSR count). The van der Waals surface area contributed by atoms with Gasteiger partial charge >= 0.3 is 0 Å². The van der Waals surface area contributed by atoms with Crippen LogP contribution in [0.5, 0.6) is 0 Å². The van der Waals surface area contributed by atoms with E-state index < -0.39 is 0 Å². The molecule has 0 aliphatic heterocycles. The van der Waals surface area contributed by atoms with Crippen molar-refractivity contribution in [1.29, 1.82) is 0 Å². The van der Waals surface area contributed by atoms with Gasteiger partial charge in [0.2, 0.25) is 0 Å².